The largest absolute Gasteiger partial charge is 0.479 e. The van der Waals surface area contributed by atoms with E-state index in [0.717, 1.165) is 19.9 Å². The summed E-state index contributed by atoms with van der Waals surface area (Å²) in [6.07, 6.45) is 5.35. The van der Waals surface area contributed by atoms with Crippen LogP contribution in [-0.2, 0) is 9.59 Å². The zero-order valence-electron chi connectivity index (χ0n) is 20.7. The van der Waals surface area contributed by atoms with E-state index < -0.39 is 18.6 Å². The molecule has 9 nitrogen and oxygen atoms in total. The fourth-order valence-electron chi connectivity index (χ4n) is 4.58. The van der Waals surface area contributed by atoms with E-state index in [4.69, 9.17) is 9.47 Å². The number of likely N-dealkylation sites (tertiary alicyclic amines) is 3. The molecule has 194 valence electrons. The van der Waals surface area contributed by atoms with E-state index in [0.29, 0.717) is 43.3 Å². The van der Waals surface area contributed by atoms with Gasteiger partial charge in [-0.25, -0.2) is 18.8 Å². The lowest BCUT2D eigenvalue weighted by atomic mass is 9.78. The third kappa shape index (κ3) is 5.34. The molecule has 11 heteroatoms. The van der Waals surface area contributed by atoms with Crippen molar-refractivity contribution in [3.8, 4) is 11.6 Å². The number of alkyl halides is 2. The van der Waals surface area contributed by atoms with Crippen LogP contribution in [0.2, 0.25) is 0 Å². The van der Waals surface area contributed by atoms with Gasteiger partial charge in [-0.1, -0.05) is 12.7 Å². The number of aromatic nitrogens is 1. The maximum Gasteiger partial charge on any atom is 0.278 e. The molecule has 1 spiro atoms. The van der Waals surface area contributed by atoms with Crippen LogP contribution in [0.3, 0.4) is 0 Å². The summed E-state index contributed by atoms with van der Waals surface area (Å²) in [6.45, 7) is 8.27. The molecule has 0 radical (unpaired) electrons. The molecule has 3 saturated heterocycles. The van der Waals surface area contributed by atoms with E-state index in [9.17, 15) is 18.4 Å². The van der Waals surface area contributed by atoms with Crippen LogP contribution in [-0.4, -0.2) is 89.6 Å². The fourth-order valence-corrected chi connectivity index (χ4v) is 4.58. The van der Waals surface area contributed by atoms with E-state index in [-0.39, 0.29) is 23.1 Å². The summed E-state index contributed by atoms with van der Waals surface area (Å²) in [5.74, 6) is -2.05. The van der Waals surface area contributed by atoms with Gasteiger partial charge in [0.1, 0.15) is 11.6 Å². The number of nitrogens with zero attached hydrogens (tertiary/aromatic N) is 5. The molecule has 3 aliphatic rings. The first-order valence-electron chi connectivity index (χ1n) is 11.9. The quantitative estimate of drug-likeness (QED) is 0.482. The third-order valence-corrected chi connectivity index (χ3v) is 6.65. The monoisotopic (exact) mass is 503 g/mol. The van der Waals surface area contributed by atoms with E-state index in [2.05, 4.69) is 16.6 Å². The minimum absolute atomic E-state index is 0.0494. The highest BCUT2D eigenvalue weighted by Gasteiger charge is 2.54. The smallest absolute Gasteiger partial charge is 0.278 e. The lowest BCUT2D eigenvalue weighted by molar-refractivity contribution is -0.142. The van der Waals surface area contributed by atoms with Crippen molar-refractivity contribution in [3.05, 3.63) is 42.5 Å². The predicted molar refractivity (Wildman–Crippen MR) is 129 cm³/mol. The van der Waals surface area contributed by atoms with Crippen molar-refractivity contribution in [2.75, 3.05) is 39.8 Å². The SMILES string of the molecule is C=C(/N=C\C(=C/C)N1CC[C@@H](Oc2ccc(OCC(C)(F)F)nc2)C1=O)N1CC2(CCN(C)C2=O)C1. The number of carbonyl (C=O) groups excluding carboxylic acids is 2. The van der Waals surface area contributed by atoms with Gasteiger partial charge < -0.3 is 24.2 Å². The molecule has 0 bridgehead atoms. The van der Waals surface area contributed by atoms with Gasteiger partial charge in [0.15, 0.2) is 12.7 Å². The van der Waals surface area contributed by atoms with Gasteiger partial charge >= 0.3 is 0 Å². The molecule has 1 atom stereocenters. The third-order valence-electron chi connectivity index (χ3n) is 6.65. The van der Waals surface area contributed by atoms with Crippen LogP contribution < -0.4 is 9.47 Å². The minimum atomic E-state index is -2.96. The van der Waals surface area contributed by atoms with E-state index in [1.165, 1.54) is 18.3 Å². The number of rotatable bonds is 9. The van der Waals surface area contributed by atoms with Gasteiger partial charge in [0.25, 0.3) is 11.8 Å². The second-order valence-corrected chi connectivity index (χ2v) is 9.58. The molecule has 4 rings (SSSR count). The van der Waals surface area contributed by atoms with Crippen LogP contribution in [0.1, 0.15) is 26.7 Å². The van der Waals surface area contributed by atoms with Crippen molar-refractivity contribution in [2.45, 2.75) is 38.7 Å². The van der Waals surface area contributed by atoms with E-state index in [1.54, 1.807) is 22.1 Å². The lowest BCUT2D eigenvalue weighted by Gasteiger charge is -2.47. The van der Waals surface area contributed by atoms with Crippen molar-refractivity contribution < 1.29 is 27.8 Å². The molecular weight excluding hydrogens is 472 g/mol. The van der Waals surface area contributed by atoms with Crippen LogP contribution >= 0.6 is 0 Å². The highest BCUT2D eigenvalue weighted by molar-refractivity contribution is 5.92. The normalized spacial score (nSPS) is 22.1. The molecule has 36 heavy (non-hydrogen) atoms. The molecule has 0 N–H and O–H groups in total. The summed E-state index contributed by atoms with van der Waals surface area (Å²) in [6, 6.07) is 2.95. The summed E-state index contributed by atoms with van der Waals surface area (Å²) in [4.78, 5) is 39.1. The number of amides is 2. The number of allylic oxidation sites excluding steroid dienone is 2. The average molecular weight is 504 g/mol. The van der Waals surface area contributed by atoms with Gasteiger partial charge in [-0.05, 0) is 19.4 Å². The zero-order chi connectivity index (χ0) is 26.1. The van der Waals surface area contributed by atoms with Gasteiger partial charge in [-0.3, -0.25) is 9.59 Å². The first-order valence-corrected chi connectivity index (χ1v) is 11.9. The van der Waals surface area contributed by atoms with Crippen molar-refractivity contribution in [2.24, 2.45) is 10.4 Å². The molecule has 1 aromatic heterocycles. The highest BCUT2D eigenvalue weighted by atomic mass is 19.3. The summed E-state index contributed by atoms with van der Waals surface area (Å²) in [5, 5.41) is 0. The molecule has 1 aromatic rings. The molecule has 3 aliphatic heterocycles. The Bertz CT molecular complexity index is 1080. The van der Waals surface area contributed by atoms with Crippen molar-refractivity contribution in [1.29, 1.82) is 0 Å². The number of halogens is 2. The standard InChI is InChI=1S/C25H31F2N5O4/c1-5-18(12-28-17(2)31-14-25(15-31)9-11-30(4)23(25)34)32-10-8-20(22(32)33)36-19-6-7-21(29-13-19)35-16-24(3,26)27/h5-7,12-13,20H,2,8-11,14-16H2,1,3-4H3/b18-5+,28-12-/t20-/m1/s1. The van der Waals surface area contributed by atoms with Gasteiger partial charge in [0.05, 0.1) is 23.5 Å². The topological polar surface area (TPSA) is 87.6 Å². The van der Waals surface area contributed by atoms with Crippen LogP contribution in [0.4, 0.5) is 8.78 Å². The summed E-state index contributed by atoms with van der Waals surface area (Å²) < 4.78 is 36.6. The average Bonchev–Trinajstić information content (AvgIpc) is 3.32. The lowest BCUT2D eigenvalue weighted by Crippen LogP contribution is -2.58. The molecule has 0 unspecified atom stereocenters. The highest BCUT2D eigenvalue weighted by Crippen LogP contribution is 2.41. The van der Waals surface area contributed by atoms with Gasteiger partial charge in [-0.15, -0.1) is 0 Å². The molecule has 0 saturated carbocycles. The molecule has 4 heterocycles. The first-order chi connectivity index (χ1) is 17.0. The first kappa shape index (κ1) is 25.6. The molecule has 0 aliphatic carbocycles. The van der Waals surface area contributed by atoms with Crippen molar-refractivity contribution in [1.82, 2.24) is 19.7 Å². The Morgan fingerprint density at radius 1 is 1.33 bits per heavy atom. The Morgan fingerprint density at radius 2 is 2.08 bits per heavy atom. The predicted octanol–water partition coefficient (Wildman–Crippen LogP) is 2.71. The Kier molecular flexibility index (Phi) is 7.01. The number of ether oxygens (including phenoxy) is 2. The number of carbonyl (C=O) groups is 2. The second kappa shape index (κ2) is 9.87. The summed E-state index contributed by atoms with van der Waals surface area (Å²) in [5.41, 5.74) is 0.313. The van der Waals surface area contributed by atoms with Gasteiger partial charge in [0.2, 0.25) is 11.8 Å². The summed E-state index contributed by atoms with van der Waals surface area (Å²) >= 11 is 0. The molecule has 0 aromatic carbocycles. The minimum Gasteiger partial charge on any atom is -0.479 e. The van der Waals surface area contributed by atoms with Crippen LogP contribution in [0, 0.1) is 5.41 Å². The number of hydrogen-bond acceptors (Lipinski definition) is 7. The van der Waals surface area contributed by atoms with Crippen LogP contribution in [0.15, 0.2) is 47.5 Å². The Labute approximate surface area is 209 Å². The second-order valence-electron chi connectivity index (χ2n) is 9.58. The fraction of sp³-hybridized carbons (Fsp3) is 0.520. The Balaban J connectivity index is 1.29. The number of pyridine rings is 1. The number of hydrogen-bond donors (Lipinski definition) is 0. The maximum atomic E-state index is 13.0. The van der Waals surface area contributed by atoms with Crippen molar-refractivity contribution >= 4 is 18.0 Å². The number of aliphatic imine (C=N–C) groups is 1. The van der Waals surface area contributed by atoms with Gasteiger partial charge in [0, 0.05) is 52.6 Å². The Hall–Kier alpha value is -3.50. The molecular formula is C25H31F2N5O4. The molecule has 3 fully saturated rings. The maximum absolute atomic E-state index is 13.0. The van der Waals surface area contributed by atoms with Crippen LogP contribution in [0.25, 0.3) is 0 Å². The molecule has 2 amide bonds. The zero-order valence-corrected chi connectivity index (χ0v) is 20.7. The van der Waals surface area contributed by atoms with E-state index >= 15 is 0 Å². The van der Waals surface area contributed by atoms with E-state index in [1.807, 2.05) is 18.9 Å². The van der Waals surface area contributed by atoms with Gasteiger partial charge in [-0.2, -0.15) is 0 Å². The van der Waals surface area contributed by atoms with Crippen molar-refractivity contribution in [3.63, 3.8) is 0 Å². The van der Waals surface area contributed by atoms with Crippen LogP contribution in [0.5, 0.6) is 11.6 Å². The summed E-state index contributed by atoms with van der Waals surface area (Å²) in [7, 11) is 1.83. The Morgan fingerprint density at radius 3 is 2.67 bits per heavy atom.